The fourth-order valence-corrected chi connectivity index (χ4v) is 1.51. The van der Waals surface area contributed by atoms with E-state index in [-0.39, 0.29) is 6.04 Å². The molecule has 0 amide bonds. The maximum absolute atomic E-state index is 6.05. The van der Waals surface area contributed by atoms with Crippen molar-refractivity contribution in [3.63, 3.8) is 0 Å². The molecule has 0 saturated heterocycles. The Labute approximate surface area is 94.3 Å². The molecule has 5 nitrogen and oxygen atoms in total. The number of nitrogens with two attached hydrogens (primary N) is 1. The van der Waals surface area contributed by atoms with Gasteiger partial charge in [-0.2, -0.15) is 5.10 Å². The first kappa shape index (κ1) is 10.8. The van der Waals surface area contributed by atoms with Crippen molar-refractivity contribution >= 4 is 0 Å². The summed E-state index contributed by atoms with van der Waals surface area (Å²) < 4.78 is 1.89. The van der Waals surface area contributed by atoms with Crippen LogP contribution in [0.15, 0.2) is 30.9 Å². The maximum atomic E-state index is 6.05. The molecule has 0 aliphatic carbocycles. The summed E-state index contributed by atoms with van der Waals surface area (Å²) in [6, 6.07) is 1.48. The maximum Gasteiger partial charge on any atom is 0.149 e. The molecule has 0 fully saturated rings. The van der Waals surface area contributed by atoms with Gasteiger partial charge in [0.1, 0.15) is 5.82 Å². The molecule has 1 atom stereocenters. The van der Waals surface area contributed by atoms with Gasteiger partial charge in [0.25, 0.3) is 0 Å². The lowest BCUT2D eigenvalue weighted by Crippen LogP contribution is -2.14. The van der Waals surface area contributed by atoms with Gasteiger partial charge in [-0.3, -0.25) is 4.68 Å². The summed E-state index contributed by atoms with van der Waals surface area (Å²) in [5.41, 5.74) is 6.99. The highest BCUT2D eigenvalue weighted by atomic mass is 15.3. The molecule has 84 valence electrons. The number of aryl methyl sites for hydroxylation is 1. The fraction of sp³-hybridized carbons (Fsp3) is 0.364. The summed E-state index contributed by atoms with van der Waals surface area (Å²) in [6.07, 6.45) is 8.16. The average Bonchev–Trinajstić information content (AvgIpc) is 2.78. The molecule has 16 heavy (non-hydrogen) atoms. The summed E-state index contributed by atoms with van der Waals surface area (Å²) in [7, 11) is 0. The first-order chi connectivity index (χ1) is 7.81. The minimum Gasteiger partial charge on any atom is -0.318 e. The SMILES string of the molecule is CCCn1cc(C(N)c2ncccn2)cn1. The highest BCUT2D eigenvalue weighted by molar-refractivity contribution is 5.18. The van der Waals surface area contributed by atoms with E-state index in [0.29, 0.717) is 5.82 Å². The Morgan fingerprint density at radius 3 is 2.81 bits per heavy atom. The van der Waals surface area contributed by atoms with E-state index in [4.69, 9.17) is 5.73 Å². The van der Waals surface area contributed by atoms with Crippen LogP contribution in [-0.4, -0.2) is 19.7 Å². The predicted molar refractivity (Wildman–Crippen MR) is 60.6 cm³/mol. The van der Waals surface area contributed by atoms with Crippen LogP contribution in [0.25, 0.3) is 0 Å². The smallest absolute Gasteiger partial charge is 0.149 e. The first-order valence-corrected chi connectivity index (χ1v) is 5.36. The molecule has 2 aromatic rings. The second-order valence-corrected chi connectivity index (χ2v) is 3.62. The third-order valence-electron chi connectivity index (χ3n) is 2.33. The van der Waals surface area contributed by atoms with Gasteiger partial charge in [0.05, 0.1) is 12.2 Å². The molecule has 0 saturated carbocycles. The van der Waals surface area contributed by atoms with Gasteiger partial charge in [0, 0.05) is 30.7 Å². The van der Waals surface area contributed by atoms with Crippen molar-refractivity contribution < 1.29 is 0 Å². The van der Waals surface area contributed by atoms with Gasteiger partial charge in [-0.15, -0.1) is 0 Å². The lowest BCUT2D eigenvalue weighted by Gasteiger charge is -2.06. The van der Waals surface area contributed by atoms with E-state index in [1.54, 1.807) is 24.7 Å². The van der Waals surface area contributed by atoms with Crippen molar-refractivity contribution in [2.75, 3.05) is 0 Å². The fourth-order valence-electron chi connectivity index (χ4n) is 1.51. The van der Waals surface area contributed by atoms with E-state index in [1.165, 1.54) is 0 Å². The molecule has 2 heterocycles. The van der Waals surface area contributed by atoms with E-state index in [0.717, 1.165) is 18.5 Å². The minimum absolute atomic E-state index is 0.299. The molecule has 2 rings (SSSR count). The molecule has 0 aromatic carbocycles. The predicted octanol–water partition coefficient (Wildman–Crippen LogP) is 1.13. The normalized spacial score (nSPS) is 12.6. The van der Waals surface area contributed by atoms with Crippen LogP contribution in [0, 0.1) is 0 Å². The van der Waals surface area contributed by atoms with Gasteiger partial charge in [-0.1, -0.05) is 6.92 Å². The van der Waals surface area contributed by atoms with Crippen LogP contribution < -0.4 is 5.73 Å². The molecular weight excluding hydrogens is 202 g/mol. The number of rotatable bonds is 4. The quantitative estimate of drug-likeness (QED) is 0.833. The van der Waals surface area contributed by atoms with Crippen LogP contribution >= 0.6 is 0 Å². The van der Waals surface area contributed by atoms with Crippen molar-refractivity contribution in [1.82, 2.24) is 19.7 Å². The lowest BCUT2D eigenvalue weighted by atomic mass is 10.1. The third-order valence-corrected chi connectivity index (χ3v) is 2.33. The topological polar surface area (TPSA) is 69.6 Å². The second kappa shape index (κ2) is 4.85. The largest absolute Gasteiger partial charge is 0.318 e. The molecule has 5 heteroatoms. The lowest BCUT2D eigenvalue weighted by molar-refractivity contribution is 0.601. The van der Waals surface area contributed by atoms with Gasteiger partial charge in [-0.05, 0) is 12.5 Å². The van der Waals surface area contributed by atoms with Crippen LogP contribution in [0.1, 0.15) is 30.8 Å². The zero-order valence-electron chi connectivity index (χ0n) is 9.24. The van der Waals surface area contributed by atoms with Crippen molar-refractivity contribution in [2.24, 2.45) is 5.73 Å². The summed E-state index contributed by atoms with van der Waals surface area (Å²) in [4.78, 5) is 8.27. The first-order valence-electron chi connectivity index (χ1n) is 5.36. The molecule has 2 aromatic heterocycles. The van der Waals surface area contributed by atoms with E-state index in [2.05, 4.69) is 22.0 Å². The van der Waals surface area contributed by atoms with Crippen LogP contribution in [0.2, 0.25) is 0 Å². The third kappa shape index (κ3) is 2.25. The Balaban J connectivity index is 2.17. The Morgan fingerprint density at radius 2 is 2.12 bits per heavy atom. The Hall–Kier alpha value is -1.75. The van der Waals surface area contributed by atoms with E-state index in [1.807, 2.05) is 10.9 Å². The standard InChI is InChI=1S/C11H15N5/c1-2-6-16-8-9(7-15-16)10(12)11-13-4-3-5-14-11/h3-5,7-8,10H,2,6,12H2,1H3. The second-order valence-electron chi connectivity index (χ2n) is 3.62. The van der Waals surface area contributed by atoms with Crippen LogP contribution in [0.4, 0.5) is 0 Å². The Morgan fingerprint density at radius 1 is 1.38 bits per heavy atom. The average molecular weight is 217 g/mol. The molecule has 0 aliphatic rings. The minimum atomic E-state index is -0.299. The van der Waals surface area contributed by atoms with Crippen molar-refractivity contribution in [3.8, 4) is 0 Å². The van der Waals surface area contributed by atoms with Gasteiger partial charge in [0.15, 0.2) is 0 Å². The number of nitrogens with zero attached hydrogens (tertiary/aromatic N) is 4. The number of hydrogen-bond donors (Lipinski definition) is 1. The van der Waals surface area contributed by atoms with Gasteiger partial charge in [-0.25, -0.2) is 9.97 Å². The highest BCUT2D eigenvalue weighted by Crippen LogP contribution is 2.14. The molecule has 2 N–H and O–H groups in total. The summed E-state index contributed by atoms with van der Waals surface area (Å²) in [5.74, 6) is 0.624. The number of hydrogen-bond acceptors (Lipinski definition) is 4. The van der Waals surface area contributed by atoms with Crippen LogP contribution in [-0.2, 0) is 6.54 Å². The summed E-state index contributed by atoms with van der Waals surface area (Å²) in [5, 5.41) is 4.23. The molecule has 1 unspecified atom stereocenters. The van der Waals surface area contributed by atoms with Gasteiger partial charge < -0.3 is 5.73 Å². The number of aromatic nitrogens is 4. The van der Waals surface area contributed by atoms with Crippen LogP contribution in [0.5, 0.6) is 0 Å². The monoisotopic (exact) mass is 217 g/mol. The molecule has 0 aliphatic heterocycles. The molecular formula is C11H15N5. The molecule has 0 radical (unpaired) electrons. The highest BCUT2D eigenvalue weighted by Gasteiger charge is 2.13. The zero-order chi connectivity index (χ0) is 11.4. The zero-order valence-corrected chi connectivity index (χ0v) is 9.24. The molecule has 0 spiro atoms. The summed E-state index contributed by atoms with van der Waals surface area (Å²) >= 11 is 0. The van der Waals surface area contributed by atoms with Crippen molar-refractivity contribution in [3.05, 3.63) is 42.2 Å². The van der Waals surface area contributed by atoms with Crippen molar-refractivity contribution in [2.45, 2.75) is 25.9 Å². The van der Waals surface area contributed by atoms with E-state index >= 15 is 0 Å². The van der Waals surface area contributed by atoms with Gasteiger partial charge >= 0.3 is 0 Å². The Kier molecular flexibility index (Phi) is 3.26. The Bertz CT molecular complexity index is 437. The summed E-state index contributed by atoms with van der Waals surface area (Å²) in [6.45, 7) is 3.02. The van der Waals surface area contributed by atoms with Crippen LogP contribution in [0.3, 0.4) is 0 Å². The van der Waals surface area contributed by atoms with Gasteiger partial charge in [0.2, 0.25) is 0 Å². The van der Waals surface area contributed by atoms with E-state index in [9.17, 15) is 0 Å². The van der Waals surface area contributed by atoms with Crippen molar-refractivity contribution in [1.29, 1.82) is 0 Å². The van der Waals surface area contributed by atoms with E-state index < -0.39 is 0 Å². The molecule has 0 bridgehead atoms.